The van der Waals surface area contributed by atoms with E-state index in [0.29, 0.717) is 22.3 Å². The zero-order valence-corrected chi connectivity index (χ0v) is 20.3. The molecule has 1 aliphatic heterocycles. The molecule has 2 amide bonds. The second-order valence-electron chi connectivity index (χ2n) is 7.36. The van der Waals surface area contributed by atoms with Gasteiger partial charge in [-0.05, 0) is 65.7 Å². The fraction of sp³-hybridized carbons (Fsp3) is 0.120. The van der Waals surface area contributed by atoms with Crippen molar-refractivity contribution in [2.24, 2.45) is 0 Å². The molecule has 32 heavy (non-hydrogen) atoms. The fourth-order valence-electron chi connectivity index (χ4n) is 3.13. The molecule has 0 atom stereocenters. The molecule has 1 fully saturated rings. The van der Waals surface area contributed by atoms with E-state index in [4.69, 9.17) is 16.3 Å². The van der Waals surface area contributed by atoms with Gasteiger partial charge in [0.1, 0.15) is 12.4 Å². The second-order valence-corrected chi connectivity index (χ2v) is 9.67. The van der Waals surface area contributed by atoms with Crippen molar-refractivity contribution in [1.29, 1.82) is 0 Å². The van der Waals surface area contributed by atoms with Gasteiger partial charge in [0.25, 0.3) is 11.1 Å². The van der Waals surface area contributed by atoms with Gasteiger partial charge in [-0.3, -0.25) is 14.5 Å². The van der Waals surface area contributed by atoms with E-state index in [1.54, 1.807) is 18.2 Å². The molecule has 0 bridgehead atoms. The highest BCUT2D eigenvalue weighted by Gasteiger charge is 2.34. The fourth-order valence-corrected chi connectivity index (χ4v) is 4.48. The maximum atomic E-state index is 12.8. The number of carbonyl (C=O) groups is 2. The lowest BCUT2D eigenvalue weighted by atomic mass is 10.1. The van der Waals surface area contributed by atoms with Gasteiger partial charge in [-0.15, -0.1) is 0 Å². The Morgan fingerprint density at radius 1 is 1.00 bits per heavy atom. The number of imide groups is 1. The summed E-state index contributed by atoms with van der Waals surface area (Å²) in [5.41, 5.74) is 3.79. The minimum atomic E-state index is -0.299. The lowest BCUT2D eigenvalue weighted by Crippen LogP contribution is -2.27. The summed E-state index contributed by atoms with van der Waals surface area (Å²) < 4.78 is 6.82. The number of ether oxygens (including phenoxy) is 1. The number of hydrogen-bond acceptors (Lipinski definition) is 4. The van der Waals surface area contributed by atoms with Gasteiger partial charge in [-0.1, -0.05) is 75.6 Å². The van der Waals surface area contributed by atoms with Gasteiger partial charge < -0.3 is 4.74 Å². The molecule has 4 rings (SSSR count). The number of thioether (sulfide) groups is 1. The Morgan fingerprint density at radius 3 is 2.38 bits per heavy atom. The lowest BCUT2D eigenvalue weighted by molar-refractivity contribution is -0.123. The molecular formula is C25H19BrClNO3S. The van der Waals surface area contributed by atoms with Gasteiger partial charge in [-0.25, -0.2) is 0 Å². The van der Waals surface area contributed by atoms with Crippen LogP contribution in [0.5, 0.6) is 5.75 Å². The van der Waals surface area contributed by atoms with Crippen LogP contribution in [-0.2, 0) is 17.9 Å². The third-order valence-electron chi connectivity index (χ3n) is 4.90. The van der Waals surface area contributed by atoms with Crippen molar-refractivity contribution in [3.8, 4) is 5.75 Å². The Morgan fingerprint density at radius 2 is 1.69 bits per heavy atom. The van der Waals surface area contributed by atoms with Crippen molar-refractivity contribution in [1.82, 2.24) is 4.90 Å². The SMILES string of the molecule is Cc1ccc(CN2C(=O)S/C(=C\c3ccc(OCc4ccc(Br)cc4)c(Cl)c3)C2=O)cc1. The van der Waals surface area contributed by atoms with Crippen LogP contribution >= 0.6 is 39.3 Å². The predicted molar refractivity (Wildman–Crippen MR) is 133 cm³/mol. The molecule has 3 aromatic carbocycles. The zero-order valence-electron chi connectivity index (χ0n) is 17.2. The molecule has 0 saturated carbocycles. The summed E-state index contributed by atoms with van der Waals surface area (Å²) >= 11 is 10.7. The van der Waals surface area contributed by atoms with Crippen LogP contribution in [-0.4, -0.2) is 16.0 Å². The van der Waals surface area contributed by atoms with Crippen LogP contribution in [0.2, 0.25) is 5.02 Å². The number of carbonyl (C=O) groups excluding carboxylic acids is 2. The van der Waals surface area contributed by atoms with Gasteiger partial charge >= 0.3 is 0 Å². The monoisotopic (exact) mass is 527 g/mol. The molecule has 1 aliphatic rings. The van der Waals surface area contributed by atoms with E-state index in [1.165, 1.54) is 4.90 Å². The van der Waals surface area contributed by atoms with Crippen molar-refractivity contribution in [3.63, 3.8) is 0 Å². The van der Waals surface area contributed by atoms with Crippen LogP contribution in [0.1, 0.15) is 22.3 Å². The Hall–Kier alpha value is -2.54. The summed E-state index contributed by atoms with van der Waals surface area (Å²) in [4.78, 5) is 26.8. The minimum absolute atomic E-state index is 0.256. The molecule has 1 saturated heterocycles. The average Bonchev–Trinajstić information content (AvgIpc) is 3.03. The number of halogens is 2. The van der Waals surface area contributed by atoms with Gasteiger partial charge in [-0.2, -0.15) is 0 Å². The van der Waals surface area contributed by atoms with E-state index in [1.807, 2.05) is 61.5 Å². The van der Waals surface area contributed by atoms with Crippen LogP contribution < -0.4 is 4.74 Å². The van der Waals surface area contributed by atoms with Gasteiger partial charge in [0.2, 0.25) is 0 Å². The number of rotatable bonds is 6. The number of benzene rings is 3. The van der Waals surface area contributed by atoms with Crippen molar-refractivity contribution in [2.45, 2.75) is 20.1 Å². The third-order valence-corrected chi connectivity index (χ3v) is 6.63. The first-order valence-corrected chi connectivity index (χ1v) is 11.9. The molecule has 0 spiro atoms. The zero-order chi connectivity index (χ0) is 22.7. The number of amides is 2. The first-order valence-electron chi connectivity index (χ1n) is 9.87. The maximum Gasteiger partial charge on any atom is 0.293 e. The summed E-state index contributed by atoms with van der Waals surface area (Å²) in [7, 11) is 0. The van der Waals surface area contributed by atoms with E-state index in [-0.39, 0.29) is 17.7 Å². The van der Waals surface area contributed by atoms with Crippen molar-refractivity contribution >= 4 is 56.5 Å². The average molecular weight is 529 g/mol. The molecule has 1 heterocycles. The predicted octanol–water partition coefficient (Wildman–Crippen LogP) is 7.23. The summed E-state index contributed by atoms with van der Waals surface area (Å²) in [5.74, 6) is 0.256. The minimum Gasteiger partial charge on any atom is -0.487 e. The Bertz CT molecular complexity index is 1190. The molecule has 0 radical (unpaired) electrons. The van der Waals surface area contributed by atoms with Crippen LogP contribution in [0.25, 0.3) is 6.08 Å². The largest absolute Gasteiger partial charge is 0.487 e. The van der Waals surface area contributed by atoms with Gasteiger partial charge in [0, 0.05) is 4.47 Å². The van der Waals surface area contributed by atoms with E-state index < -0.39 is 0 Å². The molecule has 7 heteroatoms. The van der Waals surface area contributed by atoms with Crippen LogP contribution in [0.15, 0.2) is 76.1 Å². The number of nitrogens with zero attached hydrogens (tertiary/aromatic N) is 1. The molecular weight excluding hydrogens is 510 g/mol. The Labute approximate surface area is 204 Å². The summed E-state index contributed by atoms with van der Waals surface area (Å²) in [6, 6.07) is 20.9. The molecule has 0 aliphatic carbocycles. The molecule has 0 aromatic heterocycles. The standard InChI is InChI=1S/C25H19BrClNO3S/c1-16-2-4-17(5-3-16)14-28-24(29)23(32-25(28)30)13-19-8-11-22(21(27)12-19)31-15-18-6-9-20(26)10-7-18/h2-13H,14-15H2,1H3/b23-13-. The quantitative estimate of drug-likeness (QED) is 0.317. The lowest BCUT2D eigenvalue weighted by Gasteiger charge is -2.12. The van der Waals surface area contributed by atoms with Crippen molar-refractivity contribution in [2.75, 3.05) is 0 Å². The normalized spacial score (nSPS) is 15.0. The molecule has 0 unspecified atom stereocenters. The first-order chi connectivity index (χ1) is 15.4. The second kappa shape index (κ2) is 9.94. The van der Waals surface area contributed by atoms with Crippen LogP contribution in [0.4, 0.5) is 4.79 Å². The van der Waals surface area contributed by atoms with Crippen molar-refractivity contribution < 1.29 is 14.3 Å². The summed E-state index contributed by atoms with van der Waals surface area (Å²) in [6.07, 6.45) is 1.68. The summed E-state index contributed by atoms with van der Waals surface area (Å²) in [5, 5.41) is 0.164. The highest BCUT2D eigenvalue weighted by atomic mass is 79.9. The van der Waals surface area contributed by atoms with E-state index in [9.17, 15) is 9.59 Å². The van der Waals surface area contributed by atoms with Gasteiger partial charge in [0.15, 0.2) is 0 Å². The van der Waals surface area contributed by atoms with Crippen LogP contribution in [0.3, 0.4) is 0 Å². The maximum absolute atomic E-state index is 12.8. The third kappa shape index (κ3) is 5.44. The molecule has 0 N–H and O–H groups in total. The van der Waals surface area contributed by atoms with Crippen molar-refractivity contribution in [3.05, 3.63) is 103 Å². The van der Waals surface area contributed by atoms with E-state index >= 15 is 0 Å². The smallest absolute Gasteiger partial charge is 0.293 e. The van der Waals surface area contributed by atoms with E-state index in [0.717, 1.165) is 38.5 Å². The van der Waals surface area contributed by atoms with E-state index in [2.05, 4.69) is 15.9 Å². The highest BCUT2D eigenvalue weighted by Crippen LogP contribution is 2.34. The molecule has 3 aromatic rings. The van der Waals surface area contributed by atoms with Gasteiger partial charge in [0.05, 0.1) is 16.5 Å². The topological polar surface area (TPSA) is 46.6 Å². The molecule has 162 valence electrons. The Kier molecular flexibility index (Phi) is 7.04. The Balaban J connectivity index is 1.44. The number of hydrogen-bond donors (Lipinski definition) is 0. The van der Waals surface area contributed by atoms with Crippen LogP contribution in [0, 0.1) is 6.92 Å². The highest BCUT2D eigenvalue weighted by molar-refractivity contribution is 9.10. The molecule has 4 nitrogen and oxygen atoms in total. The number of aryl methyl sites for hydroxylation is 1. The first kappa shape index (κ1) is 22.6. The summed E-state index contributed by atoms with van der Waals surface area (Å²) in [6.45, 7) is 2.64.